The smallest absolute Gasteiger partial charge is 0.261 e. The molecule has 156 valence electrons. The summed E-state index contributed by atoms with van der Waals surface area (Å²) in [4.78, 5) is 12.1. The molecule has 0 aliphatic rings. The van der Waals surface area contributed by atoms with E-state index in [0.717, 1.165) is 18.1 Å². The molecule has 0 saturated heterocycles. The Bertz CT molecular complexity index is 1200. The SMILES string of the molecule is CCc1ccc(NS(=O)(=O)c2ccc(NC(=O)c3ccc(Cl)cc3Cl)c(F)c2)cc1. The maximum atomic E-state index is 14.5. The summed E-state index contributed by atoms with van der Waals surface area (Å²) in [6.45, 7) is 1.99. The topological polar surface area (TPSA) is 75.3 Å². The van der Waals surface area contributed by atoms with Crippen LogP contribution in [0.4, 0.5) is 15.8 Å². The Morgan fingerprint density at radius 3 is 2.30 bits per heavy atom. The molecule has 0 aromatic heterocycles. The van der Waals surface area contributed by atoms with Crippen molar-refractivity contribution >= 4 is 50.5 Å². The van der Waals surface area contributed by atoms with Gasteiger partial charge in [-0.3, -0.25) is 9.52 Å². The zero-order valence-corrected chi connectivity index (χ0v) is 18.1. The highest BCUT2D eigenvalue weighted by molar-refractivity contribution is 7.92. The standard InChI is InChI=1S/C21H17Cl2FN2O3S/c1-2-13-3-6-15(7-4-13)26-30(28,29)16-8-10-20(19(24)12-16)25-21(27)17-9-5-14(22)11-18(17)23/h3-12,26H,2H2,1H3,(H,25,27). The van der Waals surface area contributed by atoms with Gasteiger partial charge in [0.05, 0.1) is 21.2 Å². The molecule has 3 rings (SSSR count). The number of rotatable bonds is 6. The number of benzene rings is 3. The van der Waals surface area contributed by atoms with Crippen molar-refractivity contribution in [2.75, 3.05) is 10.0 Å². The van der Waals surface area contributed by atoms with Crippen LogP contribution in [-0.4, -0.2) is 14.3 Å². The number of aryl methyl sites for hydroxylation is 1. The predicted molar refractivity (Wildman–Crippen MR) is 117 cm³/mol. The van der Waals surface area contributed by atoms with Crippen LogP contribution in [0.5, 0.6) is 0 Å². The molecule has 3 aromatic carbocycles. The van der Waals surface area contributed by atoms with E-state index < -0.39 is 21.7 Å². The minimum atomic E-state index is -4.00. The quantitative estimate of drug-likeness (QED) is 0.485. The highest BCUT2D eigenvalue weighted by atomic mass is 35.5. The Balaban J connectivity index is 1.79. The highest BCUT2D eigenvalue weighted by Gasteiger charge is 2.18. The van der Waals surface area contributed by atoms with Crippen LogP contribution in [0.25, 0.3) is 0 Å². The van der Waals surface area contributed by atoms with Crippen molar-refractivity contribution in [2.45, 2.75) is 18.2 Å². The third kappa shape index (κ3) is 5.11. The molecule has 30 heavy (non-hydrogen) atoms. The summed E-state index contributed by atoms with van der Waals surface area (Å²) in [6, 6.07) is 14.4. The fraction of sp³-hybridized carbons (Fsp3) is 0.0952. The van der Waals surface area contributed by atoms with Crippen LogP contribution < -0.4 is 10.0 Å². The van der Waals surface area contributed by atoms with Gasteiger partial charge < -0.3 is 5.32 Å². The second-order valence-electron chi connectivity index (χ2n) is 6.38. The van der Waals surface area contributed by atoms with Gasteiger partial charge in [-0.2, -0.15) is 0 Å². The van der Waals surface area contributed by atoms with E-state index in [-0.39, 0.29) is 21.2 Å². The molecule has 0 spiro atoms. The highest BCUT2D eigenvalue weighted by Crippen LogP contribution is 2.25. The van der Waals surface area contributed by atoms with Crippen molar-refractivity contribution in [1.82, 2.24) is 0 Å². The number of halogens is 3. The van der Waals surface area contributed by atoms with Gasteiger partial charge in [0.2, 0.25) is 0 Å². The largest absolute Gasteiger partial charge is 0.319 e. The van der Waals surface area contributed by atoms with Gasteiger partial charge in [-0.15, -0.1) is 0 Å². The van der Waals surface area contributed by atoms with E-state index in [9.17, 15) is 17.6 Å². The monoisotopic (exact) mass is 466 g/mol. The number of carbonyl (C=O) groups is 1. The van der Waals surface area contributed by atoms with Crippen LogP contribution in [0.3, 0.4) is 0 Å². The zero-order chi connectivity index (χ0) is 21.9. The van der Waals surface area contributed by atoms with Crippen molar-refractivity contribution in [3.63, 3.8) is 0 Å². The van der Waals surface area contributed by atoms with Gasteiger partial charge in [-0.05, 0) is 60.5 Å². The lowest BCUT2D eigenvalue weighted by Crippen LogP contribution is -2.16. The lowest BCUT2D eigenvalue weighted by molar-refractivity contribution is 0.102. The number of sulfonamides is 1. The summed E-state index contributed by atoms with van der Waals surface area (Å²) in [6.07, 6.45) is 0.826. The molecular weight excluding hydrogens is 450 g/mol. The van der Waals surface area contributed by atoms with E-state index in [0.29, 0.717) is 10.7 Å². The molecule has 0 radical (unpaired) electrons. The first-order valence-electron chi connectivity index (χ1n) is 8.87. The van der Waals surface area contributed by atoms with Crippen molar-refractivity contribution in [3.8, 4) is 0 Å². The Labute approximate surface area is 183 Å². The third-order valence-electron chi connectivity index (χ3n) is 4.29. The molecule has 0 aliphatic carbocycles. The van der Waals surface area contributed by atoms with Gasteiger partial charge in [0.15, 0.2) is 0 Å². The molecule has 2 N–H and O–H groups in total. The van der Waals surface area contributed by atoms with Crippen LogP contribution in [0.1, 0.15) is 22.8 Å². The summed E-state index contributed by atoms with van der Waals surface area (Å²) in [5.41, 5.74) is 1.35. The summed E-state index contributed by atoms with van der Waals surface area (Å²) in [5, 5.41) is 2.84. The number of nitrogens with one attached hydrogen (secondary N) is 2. The molecule has 0 heterocycles. The first-order valence-corrected chi connectivity index (χ1v) is 11.1. The molecule has 5 nitrogen and oxygen atoms in total. The van der Waals surface area contributed by atoms with Crippen molar-refractivity contribution in [1.29, 1.82) is 0 Å². The van der Waals surface area contributed by atoms with E-state index >= 15 is 0 Å². The molecule has 1 amide bonds. The summed E-state index contributed by atoms with van der Waals surface area (Å²) < 4.78 is 42.0. The van der Waals surface area contributed by atoms with Gasteiger partial charge in [0, 0.05) is 10.7 Å². The number of amides is 1. The molecule has 0 fully saturated rings. The molecule has 3 aromatic rings. The van der Waals surface area contributed by atoms with Crippen LogP contribution in [0.2, 0.25) is 10.0 Å². The summed E-state index contributed by atoms with van der Waals surface area (Å²) >= 11 is 11.8. The first-order chi connectivity index (χ1) is 14.2. The van der Waals surface area contributed by atoms with Crippen molar-refractivity contribution in [3.05, 3.63) is 87.7 Å². The van der Waals surface area contributed by atoms with Crippen molar-refractivity contribution < 1.29 is 17.6 Å². The summed E-state index contributed by atoms with van der Waals surface area (Å²) in [5.74, 6) is -1.56. The Morgan fingerprint density at radius 2 is 1.70 bits per heavy atom. The molecule has 0 bridgehead atoms. The average Bonchev–Trinajstić information content (AvgIpc) is 2.69. The van der Waals surface area contributed by atoms with Crippen LogP contribution >= 0.6 is 23.2 Å². The fourth-order valence-corrected chi connectivity index (χ4v) is 4.21. The molecule has 9 heteroatoms. The lowest BCUT2D eigenvalue weighted by atomic mass is 10.2. The van der Waals surface area contributed by atoms with E-state index in [4.69, 9.17) is 23.2 Å². The van der Waals surface area contributed by atoms with Crippen LogP contribution in [0, 0.1) is 5.82 Å². The van der Waals surface area contributed by atoms with Gasteiger partial charge in [0.1, 0.15) is 5.82 Å². The third-order valence-corrected chi connectivity index (χ3v) is 6.22. The van der Waals surface area contributed by atoms with Gasteiger partial charge in [-0.1, -0.05) is 42.3 Å². The first kappa shape index (κ1) is 22.1. The minimum absolute atomic E-state index is 0.106. The number of hydrogen-bond donors (Lipinski definition) is 2. The normalized spacial score (nSPS) is 11.2. The molecule has 0 saturated carbocycles. The average molecular weight is 467 g/mol. The Morgan fingerprint density at radius 1 is 1.00 bits per heavy atom. The molecule has 0 unspecified atom stereocenters. The van der Waals surface area contributed by atoms with Gasteiger partial charge in [-0.25, -0.2) is 12.8 Å². The number of anilines is 2. The van der Waals surface area contributed by atoms with E-state index in [1.165, 1.54) is 30.3 Å². The zero-order valence-electron chi connectivity index (χ0n) is 15.7. The fourth-order valence-electron chi connectivity index (χ4n) is 2.65. The van der Waals surface area contributed by atoms with Crippen LogP contribution in [0.15, 0.2) is 65.6 Å². The summed E-state index contributed by atoms with van der Waals surface area (Å²) in [7, 11) is -4.00. The predicted octanol–water partition coefficient (Wildman–Crippen LogP) is 5.75. The molecular formula is C21H17Cl2FN2O3S. The maximum absolute atomic E-state index is 14.5. The number of hydrogen-bond acceptors (Lipinski definition) is 3. The Kier molecular flexibility index (Phi) is 6.65. The van der Waals surface area contributed by atoms with Crippen LogP contribution in [-0.2, 0) is 16.4 Å². The van der Waals surface area contributed by atoms with Crippen molar-refractivity contribution in [2.24, 2.45) is 0 Å². The van der Waals surface area contributed by atoms with Gasteiger partial charge >= 0.3 is 0 Å². The maximum Gasteiger partial charge on any atom is 0.261 e. The molecule has 0 atom stereocenters. The van der Waals surface area contributed by atoms with E-state index in [1.807, 2.05) is 6.92 Å². The second-order valence-corrected chi connectivity index (χ2v) is 8.90. The lowest BCUT2D eigenvalue weighted by Gasteiger charge is -2.11. The van der Waals surface area contributed by atoms with E-state index in [2.05, 4.69) is 10.0 Å². The number of carbonyl (C=O) groups excluding carboxylic acids is 1. The van der Waals surface area contributed by atoms with Gasteiger partial charge in [0.25, 0.3) is 15.9 Å². The minimum Gasteiger partial charge on any atom is -0.319 e. The molecule has 0 aliphatic heterocycles. The second kappa shape index (κ2) is 9.04. The van der Waals surface area contributed by atoms with E-state index in [1.54, 1.807) is 24.3 Å². The Hall–Kier alpha value is -2.61.